The highest BCUT2D eigenvalue weighted by molar-refractivity contribution is 5.89. The van der Waals surface area contributed by atoms with Crippen molar-refractivity contribution in [2.45, 2.75) is 25.3 Å². The van der Waals surface area contributed by atoms with Gasteiger partial charge in [-0.05, 0) is 37.3 Å². The van der Waals surface area contributed by atoms with Gasteiger partial charge in [-0.1, -0.05) is 6.42 Å². The average Bonchev–Trinajstić information content (AvgIpc) is 3.13. The van der Waals surface area contributed by atoms with Gasteiger partial charge in [-0.3, -0.25) is 4.90 Å². The second kappa shape index (κ2) is 5.34. The molecule has 0 N–H and O–H groups in total. The first kappa shape index (κ1) is 14.5. The van der Waals surface area contributed by atoms with Crippen LogP contribution in [-0.4, -0.2) is 47.1 Å². The lowest BCUT2D eigenvalue weighted by Crippen LogP contribution is -2.40. The first-order chi connectivity index (χ1) is 11.7. The van der Waals surface area contributed by atoms with Crippen molar-refractivity contribution in [2.75, 3.05) is 31.1 Å². The number of nitrogens with zero attached hydrogens (tertiary/aromatic N) is 4. The number of fused-ring (bicyclic) bond motifs is 4. The zero-order valence-electron chi connectivity index (χ0n) is 13.5. The van der Waals surface area contributed by atoms with E-state index in [1.54, 1.807) is 0 Å². The lowest BCUT2D eigenvalue weighted by Gasteiger charge is -2.33. The molecule has 4 nitrogen and oxygen atoms in total. The van der Waals surface area contributed by atoms with Gasteiger partial charge in [0.15, 0.2) is 11.6 Å². The predicted molar refractivity (Wildman–Crippen MR) is 87.9 cm³/mol. The molecule has 126 valence electrons. The Morgan fingerprint density at radius 2 is 1.88 bits per heavy atom. The predicted octanol–water partition coefficient (Wildman–Crippen LogP) is 2.83. The van der Waals surface area contributed by atoms with E-state index in [1.807, 2.05) is 0 Å². The van der Waals surface area contributed by atoms with Crippen LogP contribution in [0.1, 0.15) is 19.3 Å². The van der Waals surface area contributed by atoms with E-state index in [2.05, 4.69) is 19.8 Å². The van der Waals surface area contributed by atoms with Crippen LogP contribution in [0, 0.1) is 23.5 Å². The second-order valence-electron chi connectivity index (χ2n) is 7.37. The van der Waals surface area contributed by atoms with Crippen molar-refractivity contribution in [2.24, 2.45) is 11.8 Å². The number of anilines is 1. The molecule has 0 amide bonds. The van der Waals surface area contributed by atoms with E-state index < -0.39 is 11.6 Å². The van der Waals surface area contributed by atoms with Crippen molar-refractivity contribution in [1.82, 2.24) is 14.9 Å². The molecule has 0 radical (unpaired) electrons. The van der Waals surface area contributed by atoms with Crippen molar-refractivity contribution in [3.05, 3.63) is 30.1 Å². The van der Waals surface area contributed by atoms with E-state index >= 15 is 0 Å². The van der Waals surface area contributed by atoms with Crippen LogP contribution < -0.4 is 4.90 Å². The van der Waals surface area contributed by atoms with Crippen LogP contribution in [0.15, 0.2) is 18.5 Å². The molecule has 0 saturated carbocycles. The third kappa shape index (κ3) is 2.12. The molecule has 4 heterocycles. The summed E-state index contributed by atoms with van der Waals surface area (Å²) in [6.45, 7) is 4.30. The fourth-order valence-electron chi connectivity index (χ4n) is 5.02. The molecule has 1 aromatic carbocycles. The van der Waals surface area contributed by atoms with Gasteiger partial charge in [0.25, 0.3) is 0 Å². The Balaban J connectivity index is 1.48. The van der Waals surface area contributed by atoms with Crippen molar-refractivity contribution in [1.29, 1.82) is 0 Å². The van der Waals surface area contributed by atoms with Crippen molar-refractivity contribution in [3.63, 3.8) is 0 Å². The van der Waals surface area contributed by atoms with E-state index in [1.165, 1.54) is 38.2 Å². The Bertz CT molecular complexity index is 796. The maximum atomic E-state index is 13.7. The number of halogens is 2. The van der Waals surface area contributed by atoms with Gasteiger partial charge in [0, 0.05) is 37.1 Å². The number of aromatic nitrogens is 2. The summed E-state index contributed by atoms with van der Waals surface area (Å²) in [5.74, 6) is 0.374. The Morgan fingerprint density at radius 3 is 2.79 bits per heavy atom. The monoisotopic (exact) mass is 330 g/mol. The van der Waals surface area contributed by atoms with Gasteiger partial charge in [-0.25, -0.2) is 18.7 Å². The highest BCUT2D eigenvalue weighted by Crippen LogP contribution is 2.42. The number of hydrogen-bond acceptors (Lipinski definition) is 4. The molecular formula is C18H20F2N4. The molecule has 3 atom stereocenters. The van der Waals surface area contributed by atoms with E-state index in [9.17, 15) is 8.78 Å². The third-order valence-electron chi connectivity index (χ3n) is 6.07. The summed E-state index contributed by atoms with van der Waals surface area (Å²) >= 11 is 0. The van der Waals surface area contributed by atoms with Crippen LogP contribution in [0.2, 0.25) is 0 Å². The summed E-state index contributed by atoms with van der Waals surface area (Å²) in [7, 11) is 0. The molecule has 2 aromatic rings. The second-order valence-corrected chi connectivity index (χ2v) is 7.37. The summed E-state index contributed by atoms with van der Waals surface area (Å²) in [5.41, 5.74) is 0.468. The standard InChI is InChI=1S/C18H20F2N4/c19-14-5-12-16(6-15(14)20)21-10-22-18(12)24-8-11-7-23-4-2-1-3-17(23)13(11)9-24/h5-6,10-11,13,17H,1-4,7-9H2. The first-order valence-corrected chi connectivity index (χ1v) is 8.79. The smallest absolute Gasteiger partial charge is 0.161 e. The van der Waals surface area contributed by atoms with Crippen molar-refractivity contribution < 1.29 is 8.78 Å². The lowest BCUT2D eigenvalue weighted by molar-refractivity contribution is 0.173. The molecule has 3 aliphatic rings. The van der Waals surface area contributed by atoms with Gasteiger partial charge >= 0.3 is 0 Å². The third-order valence-corrected chi connectivity index (χ3v) is 6.07. The minimum Gasteiger partial charge on any atom is -0.355 e. The quantitative estimate of drug-likeness (QED) is 0.805. The zero-order valence-corrected chi connectivity index (χ0v) is 13.5. The molecule has 1 aromatic heterocycles. The number of rotatable bonds is 1. The largest absolute Gasteiger partial charge is 0.355 e. The van der Waals surface area contributed by atoms with Crippen molar-refractivity contribution in [3.8, 4) is 0 Å². The lowest BCUT2D eigenvalue weighted by atomic mass is 9.90. The minimum absolute atomic E-state index is 0.468. The molecule has 0 spiro atoms. The van der Waals surface area contributed by atoms with Crippen LogP contribution in [0.3, 0.4) is 0 Å². The van der Waals surface area contributed by atoms with Crippen molar-refractivity contribution >= 4 is 16.7 Å². The summed E-state index contributed by atoms with van der Waals surface area (Å²) in [6.07, 6.45) is 5.39. The van der Waals surface area contributed by atoms with Crippen LogP contribution in [-0.2, 0) is 0 Å². The Morgan fingerprint density at radius 1 is 1.00 bits per heavy atom. The molecule has 3 fully saturated rings. The normalized spacial score (nSPS) is 29.9. The maximum Gasteiger partial charge on any atom is 0.161 e. The highest BCUT2D eigenvalue weighted by atomic mass is 19.2. The van der Waals surface area contributed by atoms with E-state index in [-0.39, 0.29) is 0 Å². The van der Waals surface area contributed by atoms with Crippen LogP contribution >= 0.6 is 0 Å². The number of benzene rings is 1. The maximum absolute atomic E-state index is 13.7. The van der Waals surface area contributed by atoms with E-state index in [0.29, 0.717) is 28.8 Å². The number of piperidine rings is 1. The van der Waals surface area contributed by atoms with Crippen LogP contribution in [0.25, 0.3) is 10.9 Å². The summed E-state index contributed by atoms with van der Waals surface area (Å²) < 4.78 is 27.2. The van der Waals surface area contributed by atoms with Gasteiger partial charge in [-0.15, -0.1) is 0 Å². The Kier molecular flexibility index (Phi) is 3.23. The molecule has 24 heavy (non-hydrogen) atoms. The summed E-state index contributed by atoms with van der Waals surface area (Å²) in [4.78, 5) is 13.4. The molecule has 3 saturated heterocycles. The molecule has 0 bridgehead atoms. The Labute approximate surface area is 139 Å². The van der Waals surface area contributed by atoms with Gasteiger partial charge in [0.1, 0.15) is 12.1 Å². The van der Waals surface area contributed by atoms with Gasteiger partial charge in [-0.2, -0.15) is 0 Å². The van der Waals surface area contributed by atoms with Gasteiger partial charge in [0.2, 0.25) is 0 Å². The van der Waals surface area contributed by atoms with Crippen LogP contribution in [0.4, 0.5) is 14.6 Å². The van der Waals surface area contributed by atoms with Crippen LogP contribution in [0.5, 0.6) is 0 Å². The Hall–Kier alpha value is -1.82. The molecule has 5 rings (SSSR count). The fraction of sp³-hybridized carbons (Fsp3) is 0.556. The zero-order chi connectivity index (χ0) is 16.3. The van der Waals surface area contributed by atoms with Gasteiger partial charge < -0.3 is 4.90 Å². The van der Waals surface area contributed by atoms with Gasteiger partial charge in [0.05, 0.1) is 5.52 Å². The fourth-order valence-corrected chi connectivity index (χ4v) is 5.02. The highest BCUT2D eigenvalue weighted by Gasteiger charge is 2.47. The van der Waals surface area contributed by atoms with E-state index in [0.717, 1.165) is 31.5 Å². The van der Waals surface area contributed by atoms with E-state index in [4.69, 9.17) is 0 Å². The average molecular weight is 330 g/mol. The molecule has 3 aliphatic heterocycles. The molecule has 6 heteroatoms. The number of hydrogen-bond donors (Lipinski definition) is 0. The molecule has 3 unspecified atom stereocenters. The molecular weight excluding hydrogens is 310 g/mol. The summed E-state index contributed by atoms with van der Waals surface area (Å²) in [6, 6.07) is 3.09. The minimum atomic E-state index is -0.858. The summed E-state index contributed by atoms with van der Waals surface area (Å²) in [5, 5.41) is 0.608. The SMILES string of the molecule is Fc1cc2ncnc(N3CC4CN5CCCCC5C4C3)c2cc1F. The first-order valence-electron chi connectivity index (χ1n) is 8.79. The topological polar surface area (TPSA) is 32.3 Å². The molecule has 0 aliphatic carbocycles.